The van der Waals surface area contributed by atoms with Crippen LogP contribution in [0.1, 0.15) is 65.2 Å². The summed E-state index contributed by atoms with van der Waals surface area (Å²) in [6, 6.07) is 0. The Bertz CT molecular complexity index is 410. The maximum Gasteiger partial charge on any atom is 0.306 e. The molecule has 0 aliphatic carbocycles. The van der Waals surface area contributed by atoms with Crippen LogP contribution in [0.25, 0.3) is 0 Å². The van der Waals surface area contributed by atoms with Crippen LogP contribution in [0, 0.1) is 0 Å². The first kappa shape index (κ1) is 19.2. The van der Waals surface area contributed by atoms with Crippen molar-refractivity contribution >= 4 is 11.9 Å². The molecule has 0 saturated carbocycles. The molecule has 138 valence electrons. The zero-order valence-corrected chi connectivity index (χ0v) is 14.8. The van der Waals surface area contributed by atoms with Gasteiger partial charge in [0.05, 0.1) is 13.2 Å². The summed E-state index contributed by atoms with van der Waals surface area (Å²) in [4.78, 5) is 23.0. The largest absolute Gasteiger partial charge is 0.457 e. The Morgan fingerprint density at radius 2 is 1.42 bits per heavy atom. The van der Waals surface area contributed by atoms with Gasteiger partial charge in [-0.3, -0.25) is 9.59 Å². The fourth-order valence-corrected chi connectivity index (χ4v) is 3.30. The third-order valence-electron chi connectivity index (χ3n) is 4.55. The molecular formula is C18H30O6. The minimum Gasteiger partial charge on any atom is -0.457 e. The molecule has 6 nitrogen and oxygen atoms in total. The van der Waals surface area contributed by atoms with Crippen LogP contribution in [0.4, 0.5) is 0 Å². The highest BCUT2D eigenvalue weighted by atomic mass is 16.7. The second-order valence-corrected chi connectivity index (χ2v) is 6.64. The first-order valence-corrected chi connectivity index (χ1v) is 9.21. The van der Waals surface area contributed by atoms with Crippen molar-refractivity contribution < 1.29 is 28.5 Å². The number of unbranched alkanes of at least 4 members (excludes halogenated alkanes) is 6. The quantitative estimate of drug-likeness (QED) is 0.449. The third kappa shape index (κ3) is 5.74. The summed E-state index contributed by atoms with van der Waals surface area (Å²) in [5, 5.41) is 0. The van der Waals surface area contributed by atoms with Crippen LogP contribution in [0.5, 0.6) is 0 Å². The van der Waals surface area contributed by atoms with Gasteiger partial charge in [0.15, 0.2) is 12.2 Å². The summed E-state index contributed by atoms with van der Waals surface area (Å²) in [7, 11) is 0. The number of ether oxygens (including phenoxy) is 4. The summed E-state index contributed by atoms with van der Waals surface area (Å²) >= 11 is 0. The lowest BCUT2D eigenvalue weighted by atomic mass is 10.1. The highest BCUT2D eigenvalue weighted by Crippen LogP contribution is 2.30. The molecule has 0 bridgehead atoms. The Morgan fingerprint density at radius 1 is 0.875 bits per heavy atom. The number of esters is 2. The van der Waals surface area contributed by atoms with E-state index >= 15 is 0 Å². The molecule has 0 spiro atoms. The number of carbonyl (C=O) groups is 2. The van der Waals surface area contributed by atoms with Crippen LogP contribution in [0.15, 0.2) is 0 Å². The van der Waals surface area contributed by atoms with Crippen molar-refractivity contribution in [2.24, 2.45) is 0 Å². The second kappa shape index (κ2) is 9.99. The number of hydrogen-bond donors (Lipinski definition) is 0. The van der Waals surface area contributed by atoms with Crippen LogP contribution < -0.4 is 0 Å². The number of rotatable bonds is 10. The van der Waals surface area contributed by atoms with Gasteiger partial charge in [-0.15, -0.1) is 0 Å². The number of carbonyl (C=O) groups excluding carboxylic acids is 2. The molecule has 2 heterocycles. The van der Waals surface area contributed by atoms with Crippen molar-refractivity contribution in [2.45, 2.75) is 89.6 Å². The average Bonchev–Trinajstić information content (AvgIpc) is 3.10. The van der Waals surface area contributed by atoms with Crippen molar-refractivity contribution in [3.63, 3.8) is 0 Å². The molecule has 24 heavy (non-hydrogen) atoms. The molecule has 2 saturated heterocycles. The first-order valence-electron chi connectivity index (χ1n) is 9.21. The molecule has 0 aromatic carbocycles. The predicted octanol–water partition coefficient (Wildman–Crippen LogP) is 2.77. The SMILES string of the molecule is CCCCCCCCCC(=O)OC1COC2C(OC(C)=O)COC12. The molecule has 0 aromatic rings. The molecule has 2 aliphatic heterocycles. The van der Waals surface area contributed by atoms with Crippen LogP contribution >= 0.6 is 0 Å². The molecule has 6 heteroatoms. The number of hydrogen-bond acceptors (Lipinski definition) is 6. The van der Waals surface area contributed by atoms with Crippen molar-refractivity contribution in [3.8, 4) is 0 Å². The highest BCUT2D eigenvalue weighted by Gasteiger charge is 2.50. The minimum absolute atomic E-state index is 0.197. The van der Waals surface area contributed by atoms with Crippen molar-refractivity contribution in [3.05, 3.63) is 0 Å². The fourth-order valence-electron chi connectivity index (χ4n) is 3.30. The lowest BCUT2D eigenvalue weighted by Gasteiger charge is -2.17. The van der Waals surface area contributed by atoms with Gasteiger partial charge in [-0.25, -0.2) is 0 Å². The minimum atomic E-state index is -0.403. The first-order chi connectivity index (χ1) is 11.6. The maximum absolute atomic E-state index is 12.0. The van der Waals surface area contributed by atoms with E-state index in [9.17, 15) is 9.59 Å². The van der Waals surface area contributed by atoms with Gasteiger partial charge in [0.25, 0.3) is 0 Å². The Morgan fingerprint density at radius 3 is 2.00 bits per heavy atom. The molecular weight excluding hydrogens is 312 g/mol. The summed E-state index contributed by atoms with van der Waals surface area (Å²) in [5.41, 5.74) is 0. The zero-order chi connectivity index (χ0) is 17.4. The van der Waals surface area contributed by atoms with Gasteiger partial charge in [-0.05, 0) is 6.42 Å². The molecule has 0 amide bonds. The van der Waals surface area contributed by atoms with Gasteiger partial charge in [-0.1, -0.05) is 45.4 Å². The Kier molecular flexibility index (Phi) is 7.99. The third-order valence-corrected chi connectivity index (χ3v) is 4.55. The Hall–Kier alpha value is -1.14. The topological polar surface area (TPSA) is 71.1 Å². The predicted molar refractivity (Wildman–Crippen MR) is 87.5 cm³/mol. The smallest absolute Gasteiger partial charge is 0.306 e. The summed E-state index contributed by atoms with van der Waals surface area (Å²) in [6.45, 7) is 4.16. The molecule has 4 unspecified atom stereocenters. The van der Waals surface area contributed by atoms with E-state index in [1.54, 1.807) is 0 Å². The lowest BCUT2D eigenvalue weighted by molar-refractivity contribution is -0.154. The van der Waals surface area contributed by atoms with Crippen molar-refractivity contribution in [2.75, 3.05) is 13.2 Å². The summed E-state index contributed by atoms with van der Waals surface area (Å²) in [6.07, 6.45) is 7.16. The van der Waals surface area contributed by atoms with Gasteiger partial charge in [0.1, 0.15) is 12.2 Å². The van der Waals surface area contributed by atoms with Gasteiger partial charge < -0.3 is 18.9 Å². The number of fused-ring (bicyclic) bond motifs is 1. The van der Waals surface area contributed by atoms with Crippen molar-refractivity contribution in [1.29, 1.82) is 0 Å². The van der Waals surface area contributed by atoms with Gasteiger partial charge in [-0.2, -0.15) is 0 Å². The van der Waals surface area contributed by atoms with E-state index in [4.69, 9.17) is 18.9 Å². The summed E-state index contributed by atoms with van der Waals surface area (Å²) < 4.78 is 21.9. The van der Waals surface area contributed by atoms with E-state index in [1.807, 2.05) is 0 Å². The molecule has 0 N–H and O–H groups in total. The molecule has 2 fully saturated rings. The van der Waals surface area contributed by atoms with E-state index in [0.717, 1.165) is 12.8 Å². The maximum atomic E-state index is 12.0. The molecule has 4 atom stereocenters. The molecule has 0 aromatic heterocycles. The Labute approximate surface area is 144 Å². The average molecular weight is 342 g/mol. The van der Waals surface area contributed by atoms with Gasteiger partial charge >= 0.3 is 11.9 Å². The highest BCUT2D eigenvalue weighted by molar-refractivity contribution is 5.69. The van der Waals surface area contributed by atoms with Crippen LogP contribution in [0.3, 0.4) is 0 Å². The van der Waals surface area contributed by atoms with Crippen LogP contribution in [0.2, 0.25) is 0 Å². The normalized spacial score (nSPS) is 28.6. The van der Waals surface area contributed by atoms with Gasteiger partial charge in [0.2, 0.25) is 0 Å². The van der Waals surface area contributed by atoms with Crippen molar-refractivity contribution in [1.82, 2.24) is 0 Å². The molecule has 0 radical (unpaired) electrons. The van der Waals surface area contributed by atoms with E-state index in [1.165, 1.54) is 39.0 Å². The van der Waals surface area contributed by atoms with E-state index in [2.05, 4.69) is 6.92 Å². The van der Waals surface area contributed by atoms with E-state index in [-0.39, 0.29) is 24.1 Å². The van der Waals surface area contributed by atoms with Crippen LogP contribution in [-0.2, 0) is 28.5 Å². The monoisotopic (exact) mass is 342 g/mol. The molecule has 2 rings (SSSR count). The van der Waals surface area contributed by atoms with Crippen LogP contribution in [-0.4, -0.2) is 49.6 Å². The molecule has 2 aliphatic rings. The fraction of sp³-hybridized carbons (Fsp3) is 0.889. The summed E-state index contributed by atoms with van der Waals surface area (Å²) in [5.74, 6) is -0.551. The lowest BCUT2D eigenvalue weighted by Crippen LogP contribution is -2.35. The van der Waals surface area contributed by atoms with E-state index in [0.29, 0.717) is 19.6 Å². The standard InChI is InChI=1S/C18H30O6/c1-3-4-5-6-7-8-9-10-16(20)24-15-12-22-17-14(23-13(2)19)11-21-18(15)17/h14-15,17-18H,3-12H2,1-2H3. The van der Waals surface area contributed by atoms with Gasteiger partial charge in [0, 0.05) is 13.3 Å². The van der Waals surface area contributed by atoms with E-state index < -0.39 is 12.2 Å². The zero-order valence-electron chi connectivity index (χ0n) is 14.8. The Balaban J connectivity index is 1.60. The second-order valence-electron chi connectivity index (χ2n) is 6.64.